The van der Waals surface area contributed by atoms with Gasteiger partial charge in [0, 0.05) is 12.2 Å². The fourth-order valence-electron chi connectivity index (χ4n) is 2.02. The largest absolute Gasteiger partial charge is 0.463 e. The summed E-state index contributed by atoms with van der Waals surface area (Å²) in [6, 6.07) is 9.37. The topological polar surface area (TPSA) is 52.6 Å². The van der Waals surface area contributed by atoms with E-state index in [4.69, 9.17) is 9.47 Å². The van der Waals surface area contributed by atoms with Gasteiger partial charge in [-0.25, -0.2) is 9.59 Å². The number of hydrogen-bond acceptors (Lipinski definition) is 4. The Morgan fingerprint density at radius 3 is 2.17 bits per heavy atom. The zero-order valence-electron chi connectivity index (χ0n) is 13.8. The van der Waals surface area contributed by atoms with Crippen molar-refractivity contribution in [3.8, 4) is 0 Å². The number of carbonyl (C=O) groups excluding carboxylic acids is 2. The molecule has 0 bridgehead atoms. The number of ether oxygens (including phenoxy) is 2. The van der Waals surface area contributed by atoms with E-state index in [0.717, 1.165) is 30.6 Å². The second kappa shape index (κ2) is 12.4. The lowest BCUT2D eigenvalue weighted by molar-refractivity contribution is -0.141. The third-order valence-corrected chi connectivity index (χ3v) is 3.32. The van der Waals surface area contributed by atoms with Crippen LogP contribution in [-0.2, 0) is 25.7 Å². The van der Waals surface area contributed by atoms with Gasteiger partial charge in [-0.1, -0.05) is 69.4 Å². The van der Waals surface area contributed by atoms with Crippen LogP contribution in [0.25, 0.3) is 0 Å². The second-order valence-electron chi connectivity index (χ2n) is 5.36. The van der Waals surface area contributed by atoms with E-state index < -0.39 is 11.9 Å². The van der Waals surface area contributed by atoms with Gasteiger partial charge in [0.15, 0.2) is 0 Å². The molecule has 0 fully saturated rings. The molecule has 0 N–H and O–H groups in total. The lowest BCUT2D eigenvalue weighted by Gasteiger charge is -2.03. The van der Waals surface area contributed by atoms with Crippen LogP contribution < -0.4 is 0 Å². The fourth-order valence-corrected chi connectivity index (χ4v) is 2.02. The molecule has 0 atom stereocenters. The molecular weight excluding hydrogens is 292 g/mol. The summed E-state index contributed by atoms with van der Waals surface area (Å²) in [6.45, 7) is 2.77. The Morgan fingerprint density at radius 1 is 0.870 bits per heavy atom. The van der Waals surface area contributed by atoms with E-state index in [9.17, 15) is 9.59 Å². The zero-order chi connectivity index (χ0) is 16.8. The molecule has 0 aliphatic rings. The fraction of sp³-hybridized carbons (Fsp3) is 0.474. The Balaban J connectivity index is 2.08. The van der Waals surface area contributed by atoms with Gasteiger partial charge < -0.3 is 9.47 Å². The first-order valence-electron chi connectivity index (χ1n) is 8.28. The van der Waals surface area contributed by atoms with Crippen molar-refractivity contribution in [2.75, 3.05) is 6.61 Å². The highest BCUT2D eigenvalue weighted by Gasteiger charge is 2.01. The first-order valence-corrected chi connectivity index (χ1v) is 8.28. The first kappa shape index (κ1) is 18.9. The standard InChI is InChI=1S/C19H26O4/c1-2-3-4-5-6-10-15-22-18(20)13-14-19(21)23-16-17-11-8-7-9-12-17/h7-9,11-14H,2-6,10,15-16H2,1H3/b14-13-. The van der Waals surface area contributed by atoms with Crippen molar-refractivity contribution in [1.29, 1.82) is 0 Å². The Bertz CT molecular complexity index is 479. The molecule has 0 saturated heterocycles. The highest BCUT2D eigenvalue weighted by Crippen LogP contribution is 2.05. The molecule has 0 saturated carbocycles. The quantitative estimate of drug-likeness (QED) is 0.349. The van der Waals surface area contributed by atoms with E-state index in [1.807, 2.05) is 30.3 Å². The molecular formula is C19H26O4. The van der Waals surface area contributed by atoms with Crippen LogP contribution in [0.1, 0.15) is 51.0 Å². The predicted octanol–water partition coefficient (Wildman–Crippen LogP) is 4.19. The lowest BCUT2D eigenvalue weighted by atomic mass is 10.1. The van der Waals surface area contributed by atoms with Crippen molar-refractivity contribution in [1.82, 2.24) is 0 Å². The normalized spacial score (nSPS) is 10.7. The van der Waals surface area contributed by atoms with E-state index >= 15 is 0 Å². The number of unbranched alkanes of at least 4 members (excludes halogenated alkanes) is 5. The van der Waals surface area contributed by atoms with Crippen LogP contribution in [-0.4, -0.2) is 18.5 Å². The predicted molar refractivity (Wildman–Crippen MR) is 89.7 cm³/mol. The highest BCUT2D eigenvalue weighted by molar-refractivity contribution is 5.91. The lowest BCUT2D eigenvalue weighted by Crippen LogP contribution is -2.05. The SMILES string of the molecule is CCCCCCCCOC(=O)/C=C\C(=O)OCc1ccccc1. The summed E-state index contributed by atoms with van der Waals surface area (Å²) < 4.78 is 10.1. The van der Waals surface area contributed by atoms with E-state index in [-0.39, 0.29) is 6.61 Å². The highest BCUT2D eigenvalue weighted by atomic mass is 16.5. The van der Waals surface area contributed by atoms with Gasteiger partial charge in [-0.2, -0.15) is 0 Å². The monoisotopic (exact) mass is 318 g/mol. The van der Waals surface area contributed by atoms with Gasteiger partial charge in [-0.05, 0) is 12.0 Å². The molecule has 0 spiro atoms. The molecule has 0 aromatic heterocycles. The third kappa shape index (κ3) is 10.3. The van der Waals surface area contributed by atoms with Crippen LogP contribution >= 0.6 is 0 Å². The van der Waals surface area contributed by atoms with Gasteiger partial charge >= 0.3 is 11.9 Å². The average Bonchev–Trinajstić information content (AvgIpc) is 2.58. The molecule has 1 aromatic carbocycles. The number of rotatable bonds is 11. The molecule has 0 aliphatic carbocycles. The van der Waals surface area contributed by atoms with Crippen molar-refractivity contribution in [2.45, 2.75) is 52.1 Å². The number of hydrogen-bond donors (Lipinski definition) is 0. The molecule has 1 rings (SSSR count). The summed E-state index contributed by atoms with van der Waals surface area (Å²) in [5.74, 6) is -1.06. The third-order valence-electron chi connectivity index (χ3n) is 3.32. The minimum absolute atomic E-state index is 0.191. The van der Waals surface area contributed by atoms with Crippen molar-refractivity contribution in [2.24, 2.45) is 0 Å². The molecule has 23 heavy (non-hydrogen) atoms. The first-order chi connectivity index (χ1) is 11.2. The number of benzene rings is 1. The minimum atomic E-state index is -0.551. The molecule has 0 heterocycles. The van der Waals surface area contributed by atoms with Crippen molar-refractivity contribution >= 4 is 11.9 Å². The maximum absolute atomic E-state index is 11.5. The van der Waals surface area contributed by atoms with Crippen LogP contribution in [0.4, 0.5) is 0 Å². The molecule has 4 nitrogen and oxygen atoms in total. The zero-order valence-corrected chi connectivity index (χ0v) is 13.8. The van der Waals surface area contributed by atoms with Crippen LogP contribution in [0.3, 0.4) is 0 Å². The van der Waals surface area contributed by atoms with Crippen LogP contribution in [0.2, 0.25) is 0 Å². The van der Waals surface area contributed by atoms with Crippen molar-refractivity contribution in [3.63, 3.8) is 0 Å². The summed E-state index contributed by atoms with van der Waals surface area (Å²) in [4.78, 5) is 22.9. The van der Waals surface area contributed by atoms with Gasteiger partial charge in [-0.15, -0.1) is 0 Å². The average molecular weight is 318 g/mol. The maximum atomic E-state index is 11.5. The van der Waals surface area contributed by atoms with E-state index in [2.05, 4.69) is 6.92 Å². The van der Waals surface area contributed by atoms with Gasteiger partial charge in [0.05, 0.1) is 6.61 Å². The van der Waals surface area contributed by atoms with E-state index in [1.54, 1.807) is 0 Å². The molecule has 126 valence electrons. The molecule has 1 aromatic rings. The maximum Gasteiger partial charge on any atom is 0.331 e. The molecule has 0 unspecified atom stereocenters. The van der Waals surface area contributed by atoms with Gasteiger partial charge in [-0.3, -0.25) is 0 Å². The van der Waals surface area contributed by atoms with E-state index in [1.165, 1.54) is 25.7 Å². The molecule has 0 radical (unpaired) electrons. The Morgan fingerprint density at radius 2 is 1.48 bits per heavy atom. The molecule has 0 amide bonds. The van der Waals surface area contributed by atoms with Crippen molar-refractivity contribution < 1.29 is 19.1 Å². The Labute approximate surface area is 138 Å². The van der Waals surface area contributed by atoms with E-state index in [0.29, 0.717) is 6.61 Å². The van der Waals surface area contributed by atoms with Crippen LogP contribution in [0.5, 0.6) is 0 Å². The Kier molecular flexibility index (Phi) is 10.3. The molecule has 0 aliphatic heterocycles. The van der Waals surface area contributed by atoms with Crippen molar-refractivity contribution in [3.05, 3.63) is 48.0 Å². The summed E-state index contributed by atoms with van der Waals surface area (Å²) in [5, 5.41) is 0. The van der Waals surface area contributed by atoms with Gasteiger partial charge in [0.2, 0.25) is 0 Å². The van der Waals surface area contributed by atoms with Crippen LogP contribution in [0, 0.1) is 0 Å². The smallest absolute Gasteiger partial charge is 0.331 e. The summed E-state index contributed by atoms with van der Waals surface area (Å²) in [5.41, 5.74) is 0.903. The summed E-state index contributed by atoms with van der Waals surface area (Å²) in [6.07, 6.45) is 9.03. The summed E-state index contributed by atoms with van der Waals surface area (Å²) in [7, 11) is 0. The summed E-state index contributed by atoms with van der Waals surface area (Å²) >= 11 is 0. The van der Waals surface area contributed by atoms with Gasteiger partial charge in [0.25, 0.3) is 0 Å². The van der Waals surface area contributed by atoms with Crippen LogP contribution in [0.15, 0.2) is 42.5 Å². The molecule has 4 heteroatoms. The minimum Gasteiger partial charge on any atom is -0.463 e. The number of carbonyl (C=O) groups is 2. The Hall–Kier alpha value is -2.10. The van der Waals surface area contributed by atoms with Gasteiger partial charge in [0.1, 0.15) is 6.61 Å². The number of esters is 2. The second-order valence-corrected chi connectivity index (χ2v) is 5.36.